The van der Waals surface area contributed by atoms with E-state index in [-0.39, 0.29) is 0 Å². The minimum Gasteiger partial charge on any atom is -0.458 e. The van der Waals surface area contributed by atoms with Crippen LogP contribution >= 0.6 is 12.6 Å². The summed E-state index contributed by atoms with van der Waals surface area (Å²) in [7, 11) is 0. The zero-order valence-electron chi connectivity index (χ0n) is 10.2. The van der Waals surface area contributed by atoms with Crippen LogP contribution in [-0.4, -0.2) is 36.1 Å². The van der Waals surface area contributed by atoms with Gasteiger partial charge in [-0.15, -0.1) is 12.6 Å². The molecule has 0 aliphatic carbocycles. The number of thiol groups is 1. The van der Waals surface area contributed by atoms with E-state index in [0.29, 0.717) is 0 Å². The van der Waals surface area contributed by atoms with Crippen molar-refractivity contribution in [3.8, 4) is 0 Å². The van der Waals surface area contributed by atoms with E-state index in [0.717, 1.165) is 6.92 Å². The second kappa shape index (κ2) is 6.91. The molecule has 1 atom stereocenters. The molecule has 0 aliphatic heterocycles. The summed E-state index contributed by atoms with van der Waals surface area (Å²) in [4.78, 5) is 22.0. The molecule has 0 saturated carbocycles. The van der Waals surface area contributed by atoms with E-state index < -0.39 is 48.1 Å². The van der Waals surface area contributed by atoms with Gasteiger partial charge in [0.2, 0.25) is 0 Å². The predicted octanol–water partition coefficient (Wildman–Crippen LogP) is 2.49. The molecular formula is C10H11F5O4S. The van der Waals surface area contributed by atoms with Crippen LogP contribution in [0.2, 0.25) is 0 Å². The smallest absolute Gasteiger partial charge is 0.422 e. The minimum absolute atomic E-state index is 0.680. The molecule has 0 N–H and O–H groups in total. The van der Waals surface area contributed by atoms with Crippen LogP contribution < -0.4 is 0 Å². The Balaban J connectivity index is 4.24. The van der Waals surface area contributed by atoms with Crippen molar-refractivity contribution in [2.45, 2.75) is 30.9 Å². The van der Waals surface area contributed by atoms with Crippen molar-refractivity contribution in [2.75, 3.05) is 6.61 Å². The maximum absolute atomic E-state index is 12.2. The highest BCUT2D eigenvalue weighted by molar-refractivity contribution is 7.81. The SMILES string of the molecule is C=C(C(=O)OC(C)CC(=O)OCC(F)(F)S)C(F)(F)F. The summed E-state index contributed by atoms with van der Waals surface area (Å²) in [5.41, 5.74) is -1.74. The van der Waals surface area contributed by atoms with E-state index in [9.17, 15) is 31.5 Å². The van der Waals surface area contributed by atoms with Crippen LogP contribution in [-0.2, 0) is 19.1 Å². The molecule has 20 heavy (non-hydrogen) atoms. The second-order valence-corrected chi connectivity index (χ2v) is 4.38. The van der Waals surface area contributed by atoms with Crippen molar-refractivity contribution in [3.63, 3.8) is 0 Å². The third-order valence-corrected chi connectivity index (χ3v) is 1.89. The molecule has 116 valence electrons. The van der Waals surface area contributed by atoms with Gasteiger partial charge in [-0.2, -0.15) is 22.0 Å². The Bertz CT molecular complexity index is 388. The van der Waals surface area contributed by atoms with E-state index in [2.05, 4.69) is 28.7 Å². The molecule has 0 aliphatic rings. The first-order valence-corrected chi connectivity index (χ1v) is 5.50. The van der Waals surface area contributed by atoms with E-state index >= 15 is 0 Å². The van der Waals surface area contributed by atoms with Crippen LogP contribution in [0.1, 0.15) is 13.3 Å². The molecule has 0 heterocycles. The summed E-state index contributed by atoms with van der Waals surface area (Å²) in [6.07, 6.45) is -6.92. The molecule has 0 aromatic carbocycles. The van der Waals surface area contributed by atoms with Crippen LogP contribution in [0, 0.1) is 0 Å². The molecule has 0 radical (unpaired) electrons. The highest BCUT2D eigenvalue weighted by Crippen LogP contribution is 2.25. The molecule has 1 unspecified atom stereocenters. The van der Waals surface area contributed by atoms with Crippen molar-refractivity contribution < 1.29 is 41.0 Å². The predicted molar refractivity (Wildman–Crippen MR) is 60.3 cm³/mol. The van der Waals surface area contributed by atoms with Crippen molar-refractivity contribution in [3.05, 3.63) is 12.2 Å². The summed E-state index contributed by atoms with van der Waals surface area (Å²) >= 11 is 2.80. The summed E-state index contributed by atoms with van der Waals surface area (Å²) in [6, 6.07) is 0. The van der Waals surface area contributed by atoms with Gasteiger partial charge in [-0.25, -0.2) is 4.79 Å². The number of rotatable bonds is 6. The summed E-state index contributed by atoms with van der Waals surface area (Å²) in [5, 5.41) is -3.53. The van der Waals surface area contributed by atoms with Gasteiger partial charge >= 0.3 is 23.4 Å². The average Bonchev–Trinajstić information content (AvgIpc) is 2.22. The van der Waals surface area contributed by atoms with Gasteiger partial charge in [-0.05, 0) is 6.92 Å². The highest BCUT2D eigenvalue weighted by atomic mass is 32.1. The Hall–Kier alpha value is -1.32. The van der Waals surface area contributed by atoms with Crippen molar-refractivity contribution in [1.29, 1.82) is 0 Å². The summed E-state index contributed by atoms with van der Waals surface area (Å²) in [5.74, 6) is -2.92. The fraction of sp³-hybridized carbons (Fsp3) is 0.600. The Morgan fingerprint density at radius 2 is 1.75 bits per heavy atom. The lowest BCUT2D eigenvalue weighted by molar-refractivity contribution is -0.159. The van der Waals surface area contributed by atoms with Gasteiger partial charge in [0.15, 0.2) is 6.61 Å². The first-order chi connectivity index (χ1) is 8.83. The monoisotopic (exact) mass is 322 g/mol. The third kappa shape index (κ3) is 7.97. The van der Waals surface area contributed by atoms with Crippen LogP contribution in [0.25, 0.3) is 0 Å². The van der Waals surface area contributed by atoms with E-state index in [4.69, 9.17) is 0 Å². The van der Waals surface area contributed by atoms with Crippen molar-refractivity contribution >= 4 is 24.6 Å². The van der Waals surface area contributed by atoms with E-state index in [1.807, 2.05) is 0 Å². The first-order valence-electron chi connectivity index (χ1n) is 5.06. The van der Waals surface area contributed by atoms with Crippen LogP contribution in [0.15, 0.2) is 12.2 Å². The van der Waals surface area contributed by atoms with Gasteiger partial charge in [0.1, 0.15) is 11.7 Å². The number of esters is 2. The lowest BCUT2D eigenvalue weighted by Crippen LogP contribution is -2.27. The molecule has 0 rings (SSSR count). The third-order valence-electron chi connectivity index (χ3n) is 1.76. The topological polar surface area (TPSA) is 52.6 Å². The van der Waals surface area contributed by atoms with Crippen LogP contribution in [0.3, 0.4) is 0 Å². The maximum Gasteiger partial charge on any atom is 0.422 e. The lowest BCUT2D eigenvalue weighted by Gasteiger charge is -2.15. The number of hydrogen-bond acceptors (Lipinski definition) is 5. The molecule has 0 aromatic rings. The number of alkyl halides is 5. The van der Waals surface area contributed by atoms with E-state index in [1.54, 1.807) is 0 Å². The Labute approximate surface area is 116 Å². The van der Waals surface area contributed by atoms with Gasteiger partial charge in [0.25, 0.3) is 0 Å². The molecular weight excluding hydrogens is 311 g/mol. The second-order valence-electron chi connectivity index (χ2n) is 3.72. The number of carbonyl (C=O) groups is 2. The Kier molecular flexibility index (Phi) is 6.45. The summed E-state index contributed by atoms with van der Waals surface area (Å²) in [6.45, 7) is 2.30. The highest BCUT2D eigenvalue weighted by Gasteiger charge is 2.38. The van der Waals surface area contributed by atoms with Gasteiger partial charge in [-0.3, -0.25) is 4.79 Å². The quantitative estimate of drug-likeness (QED) is 0.353. The Morgan fingerprint density at radius 1 is 1.25 bits per heavy atom. The van der Waals surface area contributed by atoms with Gasteiger partial charge in [0.05, 0.1) is 6.42 Å². The molecule has 0 bridgehead atoms. The van der Waals surface area contributed by atoms with E-state index in [1.165, 1.54) is 0 Å². The zero-order valence-corrected chi connectivity index (χ0v) is 11.1. The largest absolute Gasteiger partial charge is 0.458 e. The lowest BCUT2D eigenvalue weighted by atomic mass is 10.2. The van der Waals surface area contributed by atoms with Crippen molar-refractivity contribution in [2.24, 2.45) is 0 Å². The number of hydrogen-bond donors (Lipinski definition) is 1. The normalized spacial score (nSPS) is 13.6. The molecule has 0 saturated heterocycles. The molecule has 4 nitrogen and oxygen atoms in total. The first kappa shape index (κ1) is 18.7. The molecule has 10 heteroatoms. The average molecular weight is 322 g/mol. The van der Waals surface area contributed by atoms with Gasteiger partial charge < -0.3 is 9.47 Å². The van der Waals surface area contributed by atoms with Gasteiger partial charge in [-0.1, -0.05) is 6.58 Å². The fourth-order valence-corrected chi connectivity index (χ4v) is 0.937. The number of ether oxygens (including phenoxy) is 2. The summed E-state index contributed by atoms with van der Waals surface area (Å²) < 4.78 is 69.1. The van der Waals surface area contributed by atoms with Gasteiger partial charge in [0, 0.05) is 0 Å². The molecule has 0 fully saturated rings. The Morgan fingerprint density at radius 3 is 2.15 bits per heavy atom. The number of halogens is 5. The standard InChI is InChI=1S/C10H11F5O4S/c1-5(3-7(16)18-4-9(11,12)20)19-8(17)6(2)10(13,14)15/h5,20H,2-4H2,1H3. The molecule has 0 spiro atoms. The van der Waals surface area contributed by atoms with Crippen LogP contribution in [0.5, 0.6) is 0 Å². The molecule has 0 aromatic heterocycles. The van der Waals surface area contributed by atoms with Crippen molar-refractivity contribution in [1.82, 2.24) is 0 Å². The minimum atomic E-state index is -4.95. The number of carbonyl (C=O) groups excluding carboxylic acids is 2. The molecule has 0 amide bonds. The zero-order chi connectivity index (χ0) is 16.1. The maximum atomic E-state index is 12.2. The van der Waals surface area contributed by atoms with Crippen LogP contribution in [0.4, 0.5) is 22.0 Å². The fourth-order valence-electron chi connectivity index (χ4n) is 0.872.